The number of rotatable bonds is 4. The molecule has 1 aliphatic rings. The number of hydrogen-bond acceptors (Lipinski definition) is 4. The summed E-state index contributed by atoms with van der Waals surface area (Å²) < 4.78 is 0.545. The molecule has 0 aliphatic heterocycles. The molecule has 1 aliphatic carbocycles. The second-order valence-corrected chi connectivity index (χ2v) is 6.59. The van der Waals surface area contributed by atoms with E-state index >= 15 is 0 Å². The van der Waals surface area contributed by atoms with Gasteiger partial charge < -0.3 is 0 Å². The first kappa shape index (κ1) is 13.2. The Bertz CT molecular complexity index is 347. The molecule has 17 heavy (non-hydrogen) atoms. The van der Waals surface area contributed by atoms with Crippen LogP contribution in [0, 0.1) is 5.92 Å². The molecular weight excluding hydrogens is 254 g/mol. The van der Waals surface area contributed by atoms with Crippen LogP contribution in [-0.4, -0.2) is 28.2 Å². The van der Waals surface area contributed by atoms with E-state index in [1.54, 1.807) is 0 Å². The van der Waals surface area contributed by atoms with Crippen LogP contribution in [0.1, 0.15) is 44.0 Å². The standard InChI is InChI=1S/C12H20ClN3S/c1-3-9-4-6-10(7-5-9)16(2)8-11-14-15-12(13)17-11/h9-10H,3-8H2,1-2H3. The molecule has 2 rings (SSSR count). The van der Waals surface area contributed by atoms with Gasteiger partial charge in [0.05, 0.1) is 6.54 Å². The predicted molar refractivity (Wildman–Crippen MR) is 72.4 cm³/mol. The average Bonchev–Trinajstić information content (AvgIpc) is 2.75. The van der Waals surface area contributed by atoms with Crippen LogP contribution in [0.25, 0.3) is 0 Å². The van der Waals surface area contributed by atoms with Crippen LogP contribution in [0.3, 0.4) is 0 Å². The van der Waals surface area contributed by atoms with Gasteiger partial charge in [-0.3, -0.25) is 4.90 Å². The number of nitrogens with zero attached hydrogens (tertiary/aromatic N) is 3. The van der Waals surface area contributed by atoms with Gasteiger partial charge in [0.15, 0.2) is 0 Å². The van der Waals surface area contributed by atoms with Crippen molar-refractivity contribution in [2.45, 2.75) is 51.6 Å². The summed E-state index contributed by atoms with van der Waals surface area (Å²) in [6.45, 7) is 3.18. The topological polar surface area (TPSA) is 29.0 Å². The molecule has 96 valence electrons. The first-order chi connectivity index (χ1) is 8.19. The lowest BCUT2D eigenvalue weighted by Gasteiger charge is -2.33. The van der Waals surface area contributed by atoms with Crippen molar-refractivity contribution in [2.75, 3.05) is 7.05 Å². The summed E-state index contributed by atoms with van der Waals surface area (Å²) in [7, 11) is 2.19. The van der Waals surface area contributed by atoms with Crippen molar-refractivity contribution in [3.63, 3.8) is 0 Å². The van der Waals surface area contributed by atoms with Gasteiger partial charge in [0.25, 0.3) is 0 Å². The summed E-state index contributed by atoms with van der Waals surface area (Å²) in [4.78, 5) is 2.41. The molecule has 0 bridgehead atoms. The third kappa shape index (κ3) is 3.63. The zero-order valence-corrected chi connectivity index (χ0v) is 12.1. The van der Waals surface area contributed by atoms with Crippen LogP contribution in [0.4, 0.5) is 0 Å². The lowest BCUT2D eigenvalue weighted by Crippen LogP contribution is -2.34. The number of halogens is 1. The van der Waals surface area contributed by atoms with Crippen LogP contribution >= 0.6 is 22.9 Å². The summed E-state index contributed by atoms with van der Waals surface area (Å²) in [5.41, 5.74) is 0. The van der Waals surface area contributed by atoms with Crippen molar-refractivity contribution in [3.05, 3.63) is 9.47 Å². The van der Waals surface area contributed by atoms with Gasteiger partial charge in [-0.25, -0.2) is 0 Å². The predicted octanol–water partition coefficient (Wildman–Crippen LogP) is 3.59. The van der Waals surface area contributed by atoms with Crippen molar-refractivity contribution in [2.24, 2.45) is 5.92 Å². The highest BCUT2D eigenvalue weighted by Gasteiger charge is 2.23. The largest absolute Gasteiger partial charge is 0.297 e. The minimum atomic E-state index is 0.545. The Morgan fingerprint density at radius 1 is 1.29 bits per heavy atom. The molecule has 0 saturated heterocycles. The Balaban J connectivity index is 1.82. The Morgan fingerprint density at radius 2 is 2.00 bits per heavy atom. The van der Waals surface area contributed by atoms with Crippen LogP contribution in [-0.2, 0) is 6.54 Å². The monoisotopic (exact) mass is 273 g/mol. The van der Waals surface area contributed by atoms with E-state index < -0.39 is 0 Å². The zero-order chi connectivity index (χ0) is 12.3. The van der Waals surface area contributed by atoms with Gasteiger partial charge in [-0.2, -0.15) is 0 Å². The number of hydrogen-bond donors (Lipinski definition) is 0. The SMILES string of the molecule is CCC1CCC(N(C)Cc2nnc(Cl)s2)CC1. The molecule has 0 unspecified atom stereocenters. The Hall–Kier alpha value is -0.190. The molecule has 0 N–H and O–H groups in total. The molecule has 1 heterocycles. The summed E-state index contributed by atoms with van der Waals surface area (Å²) >= 11 is 7.28. The van der Waals surface area contributed by atoms with Crippen LogP contribution in [0.5, 0.6) is 0 Å². The van der Waals surface area contributed by atoms with Crippen LogP contribution < -0.4 is 0 Å². The van der Waals surface area contributed by atoms with E-state index in [9.17, 15) is 0 Å². The highest BCUT2D eigenvalue weighted by Crippen LogP contribution is 2.29. The van der Waals surface area contributed by atoms with Gasteiger partial charge in [0.2, 0.25) is 4.47 Å². The quantitative estimate of drug-likeness (QED) is 0.839. The molecule has 0 aromatic carbocycles. The normalized spacial score (nSPS) is 25.4. The Kier molecular flexibility index (Phi) is 4.77. The fourth-order valence-electron chi connectivity index (χ4n) is 2.63. The van der Waals surface area contributed by atoms with E-state index in [4.69, 9.17) is 11.6 Å². The lowest BCUT2D eigenvalue weighted by molar-refractivity contribution is 0.157. The van der Waals surface area contributed by atoms with Gasteiger partial charge >= 0.3 is 0 Å². The van der Waals surface area contributed by atoms with Crippen molar-refractivity contribution in [1.82, 2.24) is 15.1 Å². The summed E-state index contributed by atoms with van der Waals surface area (Å²) in [6.07, 6.45) is 6.73. The summed E-state index contributed by atoms with van der Waals surface area (Å²) in [5.74, 6) is 0.954. The second-order valence-electron chi connectivity index (χ2n) is 4.95. The molecule has 1 saturated carbocycles. The van der Waals surface area contributed by atoms with Crippen molar-refractivity contribution in [3.8, 4) is 0 Å². The molecular formula is C12H20ClN3S. The second kappa shape index (κ2) is 6.12. The van der Waals surface area contributed by atoms with Crippen molar-refractivity contribution < 1.29 is 0 Å². The molecule has 1 fully saturated rings. The van der Waals surface area contributed by atoms with E-state index in [-0.39, 0.29) is 0 Å². The Labute approximate surface area is 112 Å². The van der Waals surface area contributed by atoms with Gasteiger partial charge in [0, 0.05) is 6.04 Å². The molecule has 0 spiro atoms. The van der Waals surface area contributed by atoms with Crippen molar-refractivity contribution >= 4 is 22.9 Å². The van der Waals surface area contributed by atoms with E-state index in [0.717, 1.165) is 17.5 Å². The van der Waals surface area contributed by atoms with Crippen LogP contribution in [0.15, 0.2) is 0 Å². The molecule has 1 aromatic rings. The van der Waals surface area contributed by atoms with Gasteiger partial charge in [-0.05, 0) is 50.2 Å². The molecule has 1 aromatic heterocycles. The van der Waals surface area contributed by atoms with E-state index in [1.807, 2.05) is 0 Å². The third-order valence-electron chi connectivity index (χ3n) is 3.84. The molecule has 5 heteroatoms. The summed E-state index contributed by atoms with van der Waals surface area (Å²) in [6, 6.07) is 0.709. The first-order valence-corrected chi connectivity index (χ1v) is 7.56. The third-order valence-corrected chi connectivity index (χ3v) is 4.85. The minimum absolute atomic E-state index is 0.545. The molecule has 0 radical (unpaired) electrons. The van der Waals surface area contributed by atoms with E-state index in [2.05, 4.69) is 29.1 Å². The average molecular weight is 274 g/mol. The first-order valence-electron chi connectivity index (χ1n) is 6.37. The Morgan fingerprint density at radius 3 is 2.53 bits per heavy atom. The highest BCUT2D eigenvalue weighted by atomic mass is 35.5. The molecule has 0 atom stereocenters. The number of aromatic nitrogens is 2. The molecule has 0 amide bonds. The zero-order valence-electron chi connectivity index (χ0n) is 10.5. The fourth-order valence-corrected chi connectivity index (χ4v) is 3.56. The molecule has 3 nitrogen and oxygen atoms in total. The fraction of sp³-hybridized carbons (Fsp3) is 0.833. The van der Waals surface area contributed by atoms with Gasteiger partial charge in [0.1, 0.15) is 5.01 Å². The van der Waals surface area contributed by atoms with Gasteiger partial charge in [-0.1, -0.05) is 24.7 Å². The van der Waals surface area contributed by atoms with Crippen LogP contribution in [0.2, 0.25) is 4.47 Å². The van der Waals surface area contributed by atoms with Crippen molar-refractivity contribution in [1.29, 1.82) is 0 Å². The summed E-state index contributed by atoms with van der Waals surface area (Å²) in [5, 5.41) is 8.95. The minimum Gasteiger partial charge on any atom is -0.297 e. The smallest absolute Gasteiger partial charge is 0.207 e. The lowest BCUT2D eigenvalue weighted by atomic mass is 9.84. The van der Waals surface area contributed by atoms with E-state index in [0.29, 0.717) is 10.5 Å². The van der Waals surface area contributed by atoms with E-state index in [1.165, 1.54) is 43.4 Å². The van der Waals surface area contributed by atoms with Gasteiger partial charge in [-0.15, -0.1) is 10.2 Å². The highest BCUT2D eigenvalue weighted by molar-refractivity contribution is 7.15. The maximum Gasteiger partial charge on any atom is 0.207 e. The maximum atomic E-state index is 5.79. The maximum absolute atomic E-state index is 5.79.